The Labute approximate surface area is 213 Å². The van der Waals surface area contributed by atoms with Gasteiger partial charge in [-0.25, -0.2) is 4.31 Å². The van der Waals surface area contributed by atoms with Crippen LogP contribution in [-0.4, -0.2) is 14.4 Å². The van der Waals surface area contributed by atoms with E-state index in [0.717, 1.165) is 34.7 Å². The summed E-state index contributed by atoms with van der Waals surface area (Å²) < 4.78 is 34.3. The van der Waals surface area contributed by atoms with Crippen molar-refractivity contribution in [2.24, 2.45) is 0 Å². The lowest BCUT2D eigenvalue weighted by Gasteiger charge is -2.34. The average molecular weight is 502 g/mol. The summed E-state index contributed by atoms with van der Waals surface area (Å²) >= 11 is 0. The number of hydrogen-bond donors (Lipinski definition) is 0. The highest BCUT2D eigenvalue weighted by Crippen LogP contribution is 2.47. The van der Waals surface area contributed by atoms with Crippen LogP contribution in [0.5, 0.6) is 0 Å². The third kappa shape index (κ3) is 6.27. The number of rotatable bonds is 9. The maximum Gasteiger partial charge on any atom is 0.416 e. The van der Waals surface area contributed by atoms with Crippen LogP contribution in [0.2, 0.25) is 0 Å². The molecule has 0 atom stereocenters. The fourth-order valence-corrected chi connectivity index (χ4v) is 5.66. The number of anilines is 2. The summed E-state index contributed by atoms with van der Waals surface area (Å²) in [6.45, 7) is 21.9. The average Bonchev–Trinajstić information content (AvgIpc) is 2.71. The Morgan fingerprint density at radius 3 is 1.37 bits per heavy atom. The lowest BCUT2D eigenvalue weighted by Crippen LogP contribution is -2.33. The molecular formula is C29H43NO4S. The first-order valence-corrected chi connectivity index (χ1v) is 14.0. The summed E-state index contributed by atoms with van der Waals surface area (Å²) in [6.07, 6.45) is 0. The zero-order valence-corrected chi connectivity index (χ0v) is 24.1. The number of carbonyl (C=O) groups is 1. The van der Waals surface area contributed by atoms with E-state index in [4.69, 9.17) is 4.18 Å². The predicted molar refractivity (Wildman–Crippen MR) is 146 cm³/mol. The van der Waals surface area contributed by atoms with Crippen LogP contribution >= 0.6 is 0 Å². The summed E-state index contributed by atoms with van der Waals surface area (Å²) in [6, 6.07) is 10.1. The maximum absolute atomic E-state index is 13.9. The Morgan fingerprint density at radius 1 is 0.686 bits per heavy atom. The number of hydrogen-bond acceptors (Lipinski definition) is 4. The summed E-state index contributed by atoms with van der Waals surface area (Å²) in [4.78, 5) is 12.0. The van der Waals surface area contributed by atoms with E-state index in [1.54, 1.807) is 0 Å². The minimum Gasteiger partial charge on any atom is -0.330 e. The van der Waals surface area contributed by atoms with Gasteiger partial charge < -0.3 is 4.18 Å². The highest BCUT2D eigenvalue weighted by molar-refractivity contribution is 7.89. The van der Waals surface area contributed by atoms with Crippen LogP contribution in [0.15, 0.2) is 30.3 Å². The third-order valence-corrected chi connectivity index (χ3v) is 7.55. The minimum absolute atomic E-state index is 0.0462. The second kappa shape index (κ2) is 11.2. The monoisotopic (exact) mass is 501 g/mol. The molecule has 0 heterocycles. The second-order valence-corrected chi connectivity index (χ2v) is 12.3. The fraction of sp³-hybridized carbons (Fsp3) is 0.552. The Morgan fingerprint density at radius 2 is 1.06 bits per heavy atom. The first-order valence-electron chi connectivity index (χ1n) is 12.7. The molecule has 0 unspecified atom stereocenters. The molecule has 6 heteroatoms. The van der Waals surface area contributed by atoms with Gasteiger partial charge in [0.05, 0.1) is 11.4 Å². The van der Waals surface area contributed by atoms with Crippen LogP contribution in [-0.2, 0) is 19.3 Å². The summed E-state index contributed by atoms with van der Waals surface area (Å²) in [7, 11) is -4.50. The SMILES string of the molecule is CC(=O)OS(=O)(=O)N(c1c(C(C)C)cccc1C(C)C)c1c(C(C)C)cc(C(C)C)cc1C(C)C. The molecule has 0 saturated carbocycles. The first kappa shape index (κ1) is 28.9. The zero-order chi connectivity index (χ0) is 26.8. The topological polar surface area (TPSA) is 63.7 Å². The van der Waals surface area contributed by atoms with Crippen LogP contribution in [0.25, 0.3) is 0 Å². The van der Waals surface area contributed by atoms with E-state index in [1.807, 2.05) is 45.9 Å². The van der Waals surface area contributed by atoms with E-state index in [-0.39, 0.29) is 29.6 Å². The highest BCUT2D eigenvalue weighted by atomic mass is 32.2. The molecule has 0 fully saturated rings. The lowest BCUT2D eigenvalue weighted by molar-refractivity contribution is -0.131. The van der Waals surface area contributed by atoms with Gasteiger partial charge in [0.1, 0.15) is 0 Å². The van der Waals surface area contributed by atoms with Gasteiger partial charge in [0.25, 0.3) is 0 Å². The van der Waals surface area contributed by atoms with Crippen LogP contribution in [0.1, 0.15) is 134 Å². The van der Waals surface area contributed by atoms with Gasteiger partial charge in [0.15, 0.2) is 0 Å². The molecule has 0 aliphatic carbocycles. The van der Waals surface area contributed by atoms with Gasteiger partial charge in [-0.3, -0.25) is 4.79 Å². The predicted octanol–water partition coefficient (Wildman–Crippen LogP) is 8.25. The van der Waals surface area contributed by atoms with Crippen molar-refractivity contribution in [3.8, 4) is 0 Å². The zero-order valence-electron chi connectivity index (χ0n) is 23.3. The van der Waals surface area contributed by atoms with E-state index in [1.165, 1.54) is 4.31 Å². The maximum atomic E-state index is 13.9. The number of benzene rings is 2. The van der Waals surface area contributed by atoms with E-state index in [2.05, 4.69) is 53.7 Å². The quantitative estimate of drug-likeness (QED) is 0.347. The molecule has 2 aromatic carbocycles. The molecule has 0 bridgehead atoms. The third-order valence-electron chi connectivity index (χ3n) is 6.30. The molecule has 0 spiro atoms. The van der Waals surface area contributed by atoms with Gasteiger partial charge in [-0.2, -0.15) is 8.42 Å². The molecule has 0 aliphatic rings. The van der Waals surface area contributed by atoms with Gasteiger partial charge in [0.2, 0.25) is 0 Å². The Bertz CT molecular complexity index is 1110. The summed E-state index contributed by atoms with van der Waals surface area (Å²) in [5.41, 5.74) is 5.96. The van der Waals surface area contributed by atoms with Crippen molar-refractivity contribution in [2.75, 3.05) is 4.31 Å². The molecule has 0 aliphatic heterocycles. The van der Waals surface area contributed by atoms with Crippen LogP contribution < -0.4 is 4.31 Å². The fourth-order valence-electron chi connectivity index (χ4n) is 4.42. The van der Waals surface area contributed by atoms with Gasteiger partial charge >= 0.3 is 16.3 Å². The van der Waals surface area contributed by atoms with Crippen molar-refractivity contribution in [1.82, 2.24) is 0 Å². The first-order chi connectivity index (χ1) is 16.1. The Hall–Kier alpha value is -2.34. The van der Waals surface area contributed by atoms with E-state index >= 15 is 0 Å². The molecule has 0 aromatic heterocycles. The Kier molecular flexibility index (Phi) is 9.21. The van der Waals surface area contributed by atoms with E-state index in [9.17, 15) is 13.2 Å². The van der Waals surface area contributed by atoms with Crippen molar-refractivity contribution in [1.29, 1.82) is 0 Å². The van der Waals surface area contributed by atoms with Gasteiger partial charge in [0, 0.05) is 6.92 Å². The molecule has 0 radical (unpaired) electrons. The molecule has 0 amide bonds. The molecule has 35 heavy (non-hydrogen) atoms. The largest absolute Gasteiger partial charge is 0.416 e. The van der Waals surface area contributed by atoms with Crippen molar-refractivity contribution >= 4 is 27.6 Å². The normalized spacial score (nSPS) is 12.3. The smallest absolute Gasteiger partial charge is 0.330 e. The lowest BCUT2D eigenvalue weighted by atomic mass is 9.86. The molecule has 0 N–H and O–H groups in total. The van der Waals surface area contributed by atoms with Gasteiger partial charge in [-0.1, -0.05) is 99.6 Å². The van der Waals surface area contributed by atoms with Crippen LogP contribution in [0.4, 0.5) is 11.4 Å². The minimum atomic E-state index is -4.50. The molecule has 5 nitrogen and oxygen atoms in total. The highest BCUT2D eigenvalue weighted by Gasteiger charge is 2.36. The second-order valence-electron chi connectivity index (χ2n) is 10.9. The summed E-state index contributed by atoms with van der Waals surface area (Å²) in [5, 5.41) is 0. The van der Waals surface area contributed by atoms with Crippen molar-refractivity contribution in [3.05, 3.63) is 58.1 Å². The molecular weight excluding hydrogens is 458 g/mol. The summed E-state index contributed by atoms with van der Waals surface area (Å²) in [5.74, 6) is -0.377. The molecule has 0 saturated heterocycles. The van der Waals surface area contributed by atoms with Crippen LogP contribution in [0, 0.1) is 0 Å². The number of para-hydroxylation sites is 1. The number of nitrogens with zero attached hydrogens (tertiary/aromatic N) is 1. The van der Waals surface area contributed by atoms with Crippen molar-refractivity contribution in [3.63, 3.8) is 0 Å². The Balaban J connectivity index is 3.21. The molecule has 2 aromatic rings. The van der Waals surface area contributed by atoms with Gasteiger partial charge in [-0.05, 0) is 57.4 Å². The standard InChI is InChI=1S/C29H43NO4S/c1-17(2)23-15-26(20(7)8)29(27(16-23)21(9)10)30(35(32,33)34-22(11)31)28-24(18(3)4)13-12-14-25(28)19(5)6/h12-21H,1-11H3. The molecule has 194 valence electrons. The van der Waals surface area contributed by atoms with E-state index < -0.39 is 16.3 Å². The van der Waals surface area contributed by atoms with Gasteiger partial charge in [-0.15, -0.1) is 0 Å². The number of carbonyl (C=O) groups excluding carboxylic acids is 1. The van der Waals surface area contributed by atoms with Crippen LogP contribution in [0.3, 0.4) is 0 Å². The van der Waals surface area contributed by atoms with Crippen molar-refractivity contribution in [2.45, 2.75) is 106 Å². The van der Waals surface area contributed by atoms with E-state index in [0.29, 0.717) is 11.4 Å². The van der Waals surface area contributed by atoms with Crippen molar-refractivity contribution < 1.29 is 17.4 Å². The molecule has 2 rings (SSSR count).